The Bertz CT molecular complexity index is 1710. The standard InChI is InChI=1S/C34H26N2O5/c1-40-23-15-11-20(12-16-23)28-29(30(37)21-13-17-24(41-2)18-14-21)36-31(25-8-4-3-7-22(25)19-35-36)34(28)32(38)26-9-5-6-10-27(26)33(34)39/h3-19,28-29,31H,1-2H3/t28-,29+,31-/m1/s1. The summed E-state index contributed by atoms with van der Waals surface area (Å²) >= 11 is 0. The van der Waals surface area contributed by atoms with Crippen molar-refractivity contribution in [2.45, 2.75) is 18.0 Å². The predicted octanol–water partition coefficient (Wildman–Crippen LogP) is 5.51. The molecular formula is C34H26N2O5. The molecule has 0 bridgehead atoms. The average Bonchev–Trinajstić information content (AvgIpc) is 3.47. The number of fused-ring (bicyclic) bond motifs is 5. The lowest BCUT2D eigenvalue weighted by atomic mass is 9.63. The summed E-state index contributed by atoms with van der Waals surface area (Å²) in [5.41, 5.74) is 1.88. The number of carbonyl (C=O) groups is 3. The molecule has 7 rings (SSSR count). The second-order valence-corrected chi connectivity index (χ2v) is 10.5. The molecule has 4 aromatic carbocycles. The van der Waals surface area contributed by atoms with Crippen molar-refractivity contribution in [3.05, 3.63) is 130 Å². The molecule has 1 saturated heterocycles. The summed E-state index contributed by atoms with van der Waals surface area (Å²) in [4.78, 5) is 44.0. The maximum atomic E-state index is 14.7. The van der Waals surface area contributed by atoms with Gasteiger partial charge < -0.3 is 9.47 Å². The fourth-order valence-corrected chi connectivity index (χ4v) is 6.89. The van der Waals surface area contributed by atoms with Crippen LogP contribution in [0.25, 0.3) is 0 Å². The third-order valence-corrected chi connectivity index (χ3v) is 8.69. The number of ether oxygens (including phenoxy) is 2. The highest BCUT2D eigenvalue weighted by atomic mass is 16.5. The number of hydrogen-bond donors (Lipinski definition) is 0. The lowest BCUT2D eigenvalue weighted by molar-refractivity contribution is 0.0586. The van der Waals surface area contributed by atoms with Gasteiger partial charge in [0.25, 0.3) is 0 Å². The van der Waals surface area contributed by atoms with E-state index < -0.39 is 23.4 Å². The number of methoxy groups -OCH3 is 2. The molecule has 3 atom stereocenters. The minimum atomic E-state index is -1.61. The van der Waals surface area contributed by atoms with Gasteiger partial charge in [0.1, 0.15) is 23.0 Å². The molecule has 202 valence electrons. The minimum Gasteiger partial charge on any atom is -0.497 e. The first-order chi connectivity index (χ1) is 20.0. The van der Waals surface area contributed by atoms with Crippen LogP contribution in [0.1, 0.15) is 59.7 Å². The lowest BCUT2D eigenvalue weighted by Crippen LogP contribution is -2.43. The molecule has 0 unspecified atom stereocenters. The minimum absolute atomic E-state index is 0.233. The van der Waals surface area contributed by atoms with Gasteiger partial charge in [0.2, 0.25) is 0 Å². The molecule has 2 heterocycles. The van der Waals surface area contributed by atoms with Crippen LogP contribution < -0.4 is 9.47 Å². The third-order valence-electron chi connectivity index (χ3n) is 8.69. The summed E-state index contributed by atoms with van der Waals surface area (Å²) in [7, 11) is 3.14. The van der Waals surface area contributed by atoms with Crippen molar-refractivity contribution in [3.8, 4) is 11.5 Å². The molecule has 7 heteroatoms. The van der Waals surface area contributed by atoms with Crippen molar-refractivity contribution in [2.24, 2.45) is 10.5 Å². The van der Waals surface area contributed by atoms with Crippen molar-refractivity contribution in [3.63, 3.8) is 0 Å². The number of benzene rings is 4. The molecule has 0 amide bonds. The predicted molar refractivity (Wildman–Crippen MR) is 153 cm³/mol. The van der Waals surface area contributed by atoms with E-state index in [0.29, 0.717) is 33.8 Å². The van der Waals surface area contributed by atoms with E-state index in [1.54, 1.807) is 86.1 Å². The molecule has 7 nitrogen and oxygen atoms in total. The number of Topliss-reactive ketones (excluding diaryl/α,β-unsaturated/α-hetero) is 3. The van der Waals surface area contributed by atoms with Crippen LogP contribution in [0.5, 0.6) is 11.5 Å². The van der Waals surface area contributed by atoms with Gasteiger partial charge in [-0.05, 0) is 53.1 Å². The van der Waals surface area contributed by atoms with Crippen molar-refractivity contribution in [1.29, 1.82) is 0 Å². The molecule has 0 saturated carbocycles. The topological polar surface area (TPSA) is 85.3 Å². The molecule has 4 aromatic rings. The monoisotopic (exact) mass is 542 g/mol. The smallest absolute Gasteiger partial charge is 0.187 e. The second-order valence-electron chi connectivity index (χ2n) is 10.5. The fraction of sp³-hybridized carbons (Fsp3) is 0.176. The summed E-state index contributed by atoms with van der Waals surface area (Å²) in [6.45, 7) is 0. The molecule has 41 heavy (non-hydrogen) atoms. The van der Waals surface area contributed by atoms with E-state index in [0.717, 1.165) is 11.1 Å². The first-order valence-electron chi connectivity index (χ1n) is 13.4. The molecule has 1 fully saturated rings. The van der Waals surface area contributed by atoms with Gasteiger partial charge in [0.15, 0.2) is 17.3 Å². The Morgan fingerprint density at radius 1 is 0.756 bits per heavy atom. The van der Waals surface area contributed by atoms with E-state index in [1.165, 1.54) is 0 Å². The molecule has 0 aromatic heterocycles. The van der Waals surface area contributed by atoms with Gasteiger partial charge >= 0.3 is 0 Å². The quantitative estimate of drug-likeness (QED) is 0.244. The van der Waals surface area contributed by atoms with Gasteiger partial charge in [-0.3, -0.25) is 19.4 Å². The first kappa shape index (κ1) is 25.0. The summed E-state index contributed by atoms with van der Waals surface area (Å²) < 4.78 is 10.7. The zero-order chi connectivity index (χ0) is 28.3. The van der Waals surface area contributed by atoms with E-state index in [2.05, 4.69) is 0 Å². The van der Waals surface area contributed by atoms with E-state index in [4.69, 9.17) is 14.6 Å². The summed E-state index contributed by atoms with van der Waals surface area (Å²) in [5.74, 6) is -0.383. The molecule has 3 aliphatic rings. The van der Waals surface area contributed by atoms with Gasteiger partial charge in [-0.2, -0.15) is 5.10 Å². The molecule has 1 aliphatic carbocycles. The number of nitrogens with zero attached hydrogens (tertiary/aromatic N) is 2. The van der Waals surface area contributed by atoms with Gasteiger partial charge in [0.05, 0.1) is 26.5 Å². The van der Waals surface area contributed by atoms with Crippen molar-refractivity contribution < 1.29 is 23.9 Å². The Kier molecular flexibility index (Phi) is 5.64. The normalized spacial score (nSPS) is 21.4. The van der Waals surface area contributed by atoms with Crippen LogP contribution in [0.3, 0.4) is 0 Å². The highest BCUT2D eigenvalue weighted by Crippen LogP contribution is 2.64. The number of rotatable bonds is 5. The Hall–Kier alpha value is -5.04. The van der Waals surface area contributed by atoms with Crippen LogP contribution in [0.4, 0.5) is 0 Å². The van der Waals surface area contributed by atoms with Crippen LogP contribution >= 0.6 is 0 Å². The number of hydrazone groups is 1. The van der Waals surface area contributed by atoms with E-state index in [-0.39, 0.29) is 17.3 Å². The lowest BCUT2D eigenvalue weighted by Gasteiger charge is -2.36. The Balaban J connectivity index is 1.52. The Morgan fingerprint density at radius 3 is 1.93 bits per heavy atom. The number of hydrogen-bond acceptors (Lipinski definition) is 7. The van der Waals surface area contributed by atoms with E-state index in [9.17, 15) is 14.4 Å². The van der Waals surface area contributed by atoms with Gasteiger partial charge in [-0.1, -0.05) is 60.7 Å². The zero-order valence-corrected chi connectivity index (χ0v) is 22.5. The van der Waals surface area contributed by atoms with Crippen molar-refractivity contribution >= 4 is 23.6 Å². The zero-order valence-electron chi connectivity index (χ0n) is 22.5. The summed E-state index contributed by atoms with van der Waals surface area (Å²) in [5, 5.41) is 6.49. The fourth-order valence-electron chi connectivity index (χ4n) is 6.89. The van der Waals surface area contributed by atoms with Gasteiger partial charge in [0, 0.05) is 22.6 Å². The summed E-state index contributed by atoms with van der Waals surface area (Å²) in [6, 6.07) is 27.0. The average molecular weight is 543 g/mol. The SMILES string of the molecule is COc1ccc(C(=O)[C@@H]2[C@@H](c3ccc(OC)cc3)C3(C(=O)c4ccccc4C3=O)[C@H]3c4ccccc4C=NN23)cc1. The van der Waals surface area contributed by atoms with Crippen LogP contribution in [0.2, 0.25) is 0 Å². The van der Waals surface area contributed by atoms with Crippen LogP contribution in [0, 0.1) is 5.41 Å². The largest absolute Gasteiger partial charge is 0.497 e. The Labute approximate surface area is 237 Å². The first-order valence-corrected chi connectivity index (χ1v) is 13.4. The van der Waals surface area contributed by atoms with Crippen LogP contribution in [0.15, 0.2) is 102 Å². The molecule has 0 radical (unpaired) electrons. The Morgan fingerprint density at radius 2 is 1.32 bits per heavy atom. The second kappa shape index (κ2) is 9.27. The summed E-state index contributed by atoms with van der Waals surface area (Å²) in [6.07, 6.45) is 1.71. The molecule has 2 aliphatic heterocycles. The van der Waals surface area contributed by atoms with E-state index in [1.807, 2.05) is 36.4 Å². The van der Waals surface area contributed by atoms with Crippen molar-refractivity contribution in [2.75, 3.05) is 14.2 Å². The number of ketones is 3. The third kappa shape index (κ3) is 3.38. The van der Waals surface area contributed by atoms with Crippen molar-refractivity contribution in [1.82, 2.24) is 5.01 Å². The molecular weight excluding hydrogens is 516 g/mol. The van der Waals surface area contributed by atoms with Crippen LogP contribution in [-0.4, -0.2) is 48.8 Å². The van der Waals surface area contributed by atoms with E-state index >= 15 is 0 Å². The maximum absolute atomic E-state index is 14.7. The van der Waals surface area contributed by atoms with Gasteiger partial charge in [-0.15, -0.1) is 0 Å². The molecule has 1 spiro atoms. The van der Waals surface area contributed by atoms with Crippen LogP contribution in [-0.2, 0) is 0 Å². The maximum Gasteiger partial charge on any atom is 0.187 e. The highest BCUT2D eigenvalue weighted by Gasteiger charge is 2.72. The molecule has 0 N–H and O–H groups in total. The van der Waals surface area contributed by atoms with Gasteiger partial charge in [-0.25, -0.2) is 0 Å². The highest BCUT2D eigenvalue weighted by molar-refractivity contribution is 6.31. The number of carbonyl (C=O) groups excluding carboxylic acids is 3.